The van der Waals surface area contributed by atoms with Crippen LogP contribution in [0.15, 0.2) is 179 Å². The van der Waals surface area contributed by atoms with E-state index in [4.69, 9.17) is 9.41 Å². The van der Waals surface area contributed by atoms with Crippen molar-refractivity contribution >= 4 is 49.6 Å². The summed E-state index contributed by atoms with van der Waals surface area (Å²) in [6.45, 7) is 0. The first-order valence-electron chi connectivity index (χ1n) is 17.0. The van der Waals surface area contributed by atoms with Crippen LogP contribution in [-0.4, -0.2) is 10.4 Å². The van der Waals surface area contributed by atoms with Gasteiger partial charge in [-0.2, -0.15) is 0 Å². The Morgan fingerprint density at radius 3 is 2.00 bits per heavy atom. The predicted octanol–water partition coefficient (Wildman–Crippen LogP) is 10.7. The molecule has 10 rings (SSSR count). The monoisotopic (exact) mass is 644 g/mol. The molecule has 2 aromatic heterocycles. The third-order valence-electron chi connectivity index (χ3n) is 9.89. The van der Waals surface area contributed by atoms with Crippen molar-refractivity contribution in [3.63, 3.8) is 0 Å². The lowest BCUT2D eigenvalue weighted by Gasteiger charge is -2.32. The van der Waals surface area contributed by atoms with Crippen molar-refractivity contribution in [3.05, 3.63) is 187 Å². The maximum atomic E-state index is 6.76. The summed E-state index contributed by atoms with van der Waals surface area (Å²) in [5, 5.41) is 12.0. The Labute approximate surface area is 289 Å². The average Bonchev–Trinajstić information content (AvgIpc) is 3.74. The maximum absolute atomic E-state index is 6.76. The number of nitrogens with one attached hydrogen (secondary N) is 2. The number of rotatable bonds is 5. The molecule has 1 aliphatic rings. The van der Waals surface area contributed by atoms with E-state index >= 15 is 0 Å². The lowest BCUT2D eigenvalue weighted by Crippen LogP contribution is -2.45. The molecule has 0 aliphatic carbocycles. The van der Waals surface area contributed by atoms with Crippen molar-refractivity contribution in [3.8, 4) is 16.8 Å². The lowest BCUT2D eigenvalue weighted by molar-refractivity contribution is 0.409. The molecule has 2 unspecified atom stereocenters. The van der Waals surface area contributed by atoms with Crippen LogP contribution in [0, 0.1) is 0 Å². The van der Waals surface area contributed by atoms with Gasteiger partial charge in [-0.25, -0.2) is 4.99 Å². The molecular weight excluding hydrogens is 613 g/mol. The van der Waals surface area contributed by atoms with E-state index in [-0.39, 0.29) is 12.3 Å². The van der Waals surface area contributed by atoms with Crippen LogP contribution in [0.2, 0.25) is 0 Å². The molecule has 0 saturated carbocycles. The van der Waals surface area contributed by atoms with Crippen molar-refractivity contribution in [2.75, 3.05) is 0 Å². The Kier molecular flexibility index (Phi) is 6.64. The molecule has 238 valence electrons. The minimum atomic E-state index is -0.216. The van der Waals surface area contributed by atoms with Crippen LogP contribution in [-0.2, 0) is 0 Å². The molecule has 5 heteroatoms. The van der Waals surface area contributed by atoms with Gasteiger partial charge in [-0.1, -0.05) is 121 Å². The first kappa shape index (κ1) is 28.6. The van der Waals surface area contributed by atoms with Crippen LogP contribution in [0.3, 0.4) is 0 Å². The first-order valence-corrected chi connectivity index (χ1v) is 17.0. The van der Waals surface area contributed by atoms with Gasteiger partial charge < -0.3 is 14.3 Å². The largest absolute Gasteiger partial charge is 0.455 e. The molecular formula is C45H32N4O. The van der Waals surface area contributed by atoms with Crippen LogP contribution < -0.4 is 10.6 Å². The number of benzene rings is 7. The number of fused-ring (bicyclic) bond motifs is 6. The smallest absolute Gasteiger partial charge is 0.146 e. The van der Waals surface area contributed by atoms with E-state index in [1.54, 1.807) is 0 Å². The second-order valence-corrected chi connectivity index (χ2v) is 12.9. The molecule has 2 N–H and O–H groups in total. The highest BCUT2D eigenvalue weighted by molar-refractivity contribution is 6.15. The number of para-hydroxylation sites is 3. The van der Waals surface area contributed by atoms with E-state index < -0.39 is 0 Å². The Morgan fingerprint density at radius 1 is 0.520 bits per heavy atom. The predicted molar refractivity (Wildman–Crippen MR) is 205 cm³/mol. The minimum Gasteiger partial charge on any atom is -0.455 e. The van der Waals surface area contributed by atoms with E-state index in [1.807, 2.05) is 12.1 Å². The molecule has 0 fully saturated rings. The van der Waals surface area contributed by atoms with E-state index in [0.29, 0.717) is 0 Å². The summed E-state index contributed by atoms with van der Waals surface area (Å²) < 4.78 is 9.10. The Balaban J connectivity index is 1.08. The number of hydrogen-bond donors (Lipinski definition) is 2. The van der Waals surface area contributed by atoms with Crippen LogP contribution in [0.25, 0.3) is 60.6 Å². The van der Waals surface area contributed by atoms with Gasteiger partial charge in [0.25, 0.3) is 0 Å². The van der Waals surface area contributed by atoms with Crippen LogP contribution in [0.1, 0.15) is 29.0 Å². The molecule has 9 aromatic rings. The van der Waals surface area contributed by atoms with Gasteiger partial charge in [0.2, 0.25) is 0 Å². The minimum absolute atomic E-state index is 0.122. The normalized spacial score (nSPS) is 16.2. The van der Waals surface area contributed by atoms with Crippen molar-refractivity contribution in [2.45, 2.75) is 12.3 Å². The summed E-state index contributed by atoms with van der Waals surface area (Å²) in [7, 11) is 0. The van der Waals surface area contributed by atoms with Crippen molar-refractivity contribution < 1.29 is 4.42 Å². The molecule has 3 heterocycles. The second kappa shape index (κ2) is 11.6. The van der Waals surface area contributed by atoms with Gasteiger partial charge >= 0.3 is 0 Å². The third kappa shape index (κ3) is 4.71. The molecule has 0 radical (unpaired) electrons. The molecule has 1 aliphatic heterocycles. The molecule has 0 amide bonds. The zero-order valence-corrected chi connectivity index (χ0v) is 27.1. The van der Waals surface area contributed by atoms with Crippen LogP contribution in [0.5, 0.6) is 0 Å². The van der Waals surface area contributed by atoms with Gasteiger partial charge in [0, 0.05) is 27.2 Å². The van der Waals surface area contributed by atoms with Crippen LogP contribution >= 0.6 is 0 Å². The summed E-state index contributed by atoms with van der Waals surface area (Å²) in [5.41, 5.74) is 10.7. The standard InChI is InChI=1S/C45H32N4O/c1-4-13-29(14-5-1)43-46-44(30-15-6-2-7-16-30)48-45(47-43)37-21-12-20-36-35-25-23-32(28-41(35)50-42(36)37)31-24-26-40-38(27-31)34-19-10-11-22-39(34)49(40)33-17-8-3-9-18-33/h1-28,43-44,46H,(H,47,48). The molecule has 0 bridgehead atoms. The first-order chi connectivity index (χ1) is 24.8. The highest BCUT2D eigenvalue weighted by atomic mass is 16.3. The number of amidine groups is 1. The van der Waals surface area contributed by atoms with E-state index in [1.165, 1.54) is 21.8 Å². The number of hydrogen-bond acceptors (Lipinski definition) is 4. The zero-order valence-electron chi connectivity index (χ0n) is 27.1. The number of aliphatic imine (C=N–C) groups is 1. The van der Waals surface area contributed by atoms with Gasteiger partial charge in [0.15, 0.2) is 0 Å². The van der Waals surface area contributed by atoms with Crippen molar-refractivity contribution in [1.82, 2.24) is 15.2 Å². The molecule has 5 nitrogen and oxygen atoms in total. The molecule has 0 spiro atoms. The van der Waals surface area contributed by atoms with E-state index in [9.17, 15) is 0 Å². The molecule has 0 saturated heterocycles. The van der Waals surface area contributed by atoms with Crippen molar-refractivity contribution in [1.29, 1.82) is 0 Å². The van der Waals surface area contributed by atoms with Gasteiger partial charge in [-0.3, -0.25) is 5.32 Å². The van der Waals surface area contributed by atoms with Gasteiger partial charge in [0.1, 0.15) is 29.3 Å². The summed E-state index contributed by atoms with van der Waals surface area (Å²) in [4.78, 5) is 5.19. The third-order valence-corrected chi connectivity index (χ3v) is 9.89. The van der Waals surface area contributed by atoms with E-state index in [2.05, 4.69) is 173 Å². The molecule has 50 heavy (non-hydrogen) atoms. The maximum Gasteiger partial charge on any atom is 0.146 e. The van der Waals surface area contributed by atoms with Crippen LogP contribution in [0.4, 0.5) is 0 Å². The Morgan fingerprint density at radius 2 is 1.18 bits per heavy atom. The zero-order chi connectivity index (χ0) is 33.0. The Bertz CT molecular complexity index is 2710. The summed E-state index contributed by atoms with van der Waals surface area (Å²) >= 11 is 0. The van der Waals surface area contributed by atoms with Gasteiger partial charge in [0.05, 0.1) is 16.6 Å². The SMILES string of the molecule is c1ccc(C2N=C(c3cccc4c3oc3cc(-c5ccc6c(c5)c5ccccc5n6-c5ccccc5)ccc34)NC(c3ccccc3)N2)cc1. The fraction of sp³-hybridized carbons (Fsp3) is 0.0444. The number of furan rings is 1. The van der Waals surface area contributed by atoms with Gasteiger partial charge in [-0.15, -0.1) is 0 Å². The number of aromatic nitrogens is 1. The lowest BCUT2D eigenvalue weighted by atomic mass is 10.0. The molecule has 7 aromatic carbocycles. The molecule has 2 atom stereocenters. The van der Waals surface area contributed by atoms with Crippen molar-refractivity contribution in [2.24, 2.45) is 4.99 Å². The van der Waals surface area contributed by atoms with E-state index in [0.717, 1.165) is 61.3 Å². The summed E-state index contributed by atoms with van der Waals surface area (Å²) in [6.07, 6.45) is -0.338. The number of nitrogens with zero attached hydrogens (tertiary/aromatic N) is 2. The average molecular weight is 645 g/mol. The summed E-state index contributed by atoms with van der Waals surface area (Å²) in [5.74, 6) is 0.802. The highest BCUT2D eigenvalue weighted by Crippen LogP contribution is 2.38. The highest BCUT2D eigenvalue weighted by Gasteiger charge is 2.27. The topological polar surface area (TPSA) is 54.5 Å². The summed E-state index contributed by atoms with van der Waals surface area (Å²) in [6, 6.07) is 59.7. The quantitative estimate of drug-likeness (QED) is 0.196. The fourth-order valence-electron chi connectivity index (χ4n) is 7.49. The fourth-order valence-corrected chi connectivity index (χ4v) is 7.49. The second-order valence-electron chi connectivity index (χ2n) is 12.9. The van der Waals surface area contributed by atoms with Gasteiger partial charge in [-0.05, 0) is 70.8 Å². The Hall–Kier alpha value is -6.43.